The van der Waals surface area contributed by atoms with E-state index in [2.05, 4.69) is 15.7 Å². The van der Waals surface area contributed by atoms with Crippen LogP contribution in [0, 0.1) is 0 Å². The highest BCUT2D eigenvalue weighted by Crippen LogP contribution is 2.35. The summed E-state index contributed by atoms with van der Waals surface area (Å²) in [6.45, 7) is 1.30. The second kappa shape index (κ2) is 8.27. The van der Waals surface area contributed by atoms with Crippen LogP contribution in [0.2, 0.25) is 0 Å². The highest BCUT2D eigenvalue weighted by Gasteiger charge is 2.40. The first kappa shape index (κ1) is 20.9. The first-order valence-corrected chi connectivity index (χ1v) is 8.68. The van der Waals surface area contributed by atoms with Crippen LogP contribution < -0.4 is 15.4 Å². The van der Waals surface area contributed by atoms with Crippen LogP contribution in [0.25, 0.3) is 5.69 Å². The molecule has 3 aromatic rings. The second-order valence-electron chi connectivity index (χ2n) is 6.20. The highest BCUT2D eigenvalue weighted by molar-refractivity contribution is 6.06. The van der Waals surface area contributed by atoms with E-state index in [4.69, 9.17) is 4.74 Å². The van der Waals surface area contributed by atoms with Gasteiger partial charge in [-0.15, -0.1) is 0 Å². The molecule has 0 saturated heterocycles. The van der Waals surface area contributed by atoms with E-state index in [0.717, 1.165) is 6.20 Å². The van der Waals surface area contributed by atoms with Gasteiger partial charge in [0.25, 0.3) is 5.91 Å². The van der Waals surface area contributed by atoms with Crippen LogP contribution in [0.1, 0.15) is 23.0 Å². The van der Waals surface area contributed by atoms with Crippen LogP contribution in [0.5, 0.6) is 5.75 Å². The summed E-state index contributed by atoms with van der Waals surface area (Å²) in [7, 11) is 1.34. The van der Waals surface area contributed by atoms with Gasteiger partial charge in [-0.2, -0.15) is 18.3 Å². The van der Waals surface area contributed by atoms with Gasteiger partial charge in [-0.1, -0.05) is 18.2 Å². The van der Waals surface area contributed by atoms with Gasteiger partial charge in [0.1, 0.15) is 5.75 Å². The Balaban J connectivity index is 2.00. The molecule has 0 aliphatic carbocycles. The summed E-state index contributed by atoms with van der Waals surface area (Å²) < 4.78 is 47.1. The number of rotatable bonds is 5. The van der Waals surface area contributed by atoms with Gasteiger partial charge in [0.05, 0.1) is 30.2 Å². The number of alkyl halides is 3. The van der Waals surface area contributed by atoms with E-state index in [1.807, 2.05) is 0 Å². The Kier molecular flexibility index (Phi) is 5.77. The van der Waals surface area contributed by atoms with Crippen molar-refractivity contribution in [1.29, 1.82) is 0 Å². The van der Waals surface area contributed by atoms with E-state index in [1.165, 1.54) is 44.4 Å². The van der Waals surface area contributed by atoms with E-state index >= 15 is 0 Å². The third-order valence-electron chi connectivity index (χ3n) is 4.05. The number of benzene rings is 2. The molecule has 0 aliphatic heterocycles. The van der Waals surface area contributed by atoms with Gasteiger partial charge in [0.15, 0.2) is 5.69 Å². The lowest BCUT2D eigenvalue weighted by molar-refractivity contribution is -0.143. The number of halogens is 3. The minimum absolute atomic E-state index is 0.0920. The number of hydrogen-bond acceptors (Lipinski definition) is 4. The van der Waals surface area contributed by atoms with Crippen molar-refractivity contribution in [3.8, 4) is 11.4 Å². The molecule has 0 spiro atoms. The molecular formula is C20H17F3N4O3. The average Bonchev–Trinajstić information content (AvgIpc) is 3.14. The van der Waals surface area contributed by atoms with Crippen molar-refractivity contribution in [2.45, 2.75) is 13.1 Å². The number of amides is 2. The summed E-state index contributed by atoms with van der Waals surface area (Å²) in [5, 5.41) is 8.69. The van der Waals surface area contributed by atoms with E-state index in [9.17, 15) is 22.8 Å². The molecule has 2 aromatic carbocycles. The molecule has 0 saturated carbocycles. The van der Waals surface area contributed by atoms with Crippen LogP contribution in [0.4, 0.5) is 24.5 Å². The van der Waals surface area contributed by atoms with Crippen LogP contribution in [0.15, 0.2) is 54.7 Å². The number of nitrogens with one attached hydrogen (secondary N) is 2. The zero-order valence-corrected chi connectivity index (χ0v) is 15.9. The maximum absolute atomic E-state index is 13.8. The number of carbonyl (C=O) groups is 2. The fourth-order valence-electron chi connectivity index (χ4n) is 2.83. The summed E-state index contributed by atoms with van der Waals surface area (Å²) in [5.74, 6) is -1.16. The van der Waals surface area contributed by atoms with Crippen LogP contribution in [-0.2, 0) is 11.0 Å². The number of anilines is 2. The molecule has 7 nitrogen and oxygen atoms in total. The number of para-hydroxylation sites is 1. The molecule has 1 aromatic heterocycles. The van der Waals surface area contributed by atoms with Crippen molar-refractivity contribution in [1.82, 2.24) is 9.78 Å². The predicted molar refractivity (Wildman–Crippen MR) is 104 cm³/mol. The molecule has 0 atom stereocenters. The van der Waals surface area contributed by atoms with Gasteiger partial charge in [-0.25, -0.2) is 4.68 Å². The fraction of sp³-hybridized carbons (Fsp3) is 0.150. The van der Waals surface area contributed by atoms with Crippen molar-refractivity contribution in [2.24, 2.45) is 0 Å². The van der Waals surface area contributed by atoms with Crippen molar-refractivity contribution < 1.29 is 27.5 Å². The fourth-order valence-corrected chi connectivity index (χ4v) is 2.83. The third-order valence-corrected chi connectivity index (χ3v) is 4.05. The summed E-state index contributed by atoms with van der Waals surface area (Å²) >= 11 is 0. The van der Waals surface area contributed by atoms with E-state index in [-0.39, 0.29) is 23.0 Å². The molecule has 0 unspecified atom stereocenters. The second-order valence-corrected chi connectivity index (χ2v) is 6.20. The van der Waals surface area contributed by atoms with E-state index in [1.54, 1.807) is 18.2 Å². The summed E-state index contributed by atoms with van der Waals surface area (Å²) in [6, 6.07) is 12.1. The average molecular weight is 418 g/mol. The normalized spacial score (nSPS) is 11.1. The van der Waals surface area contributed by atoms with E-state index < -0.39 is 23.3 Å². The Bertz CT molecular complexity index is 1080. The quantitative estimate of drug-likeness (QED) is 0.653. The number of aromatic nitrogens is 2. The molecule has 156 valence electrons. The number of ether oxygens (including phenoxy) is 1. The minimum Gasteiger partial charge on any atom is -0.495 e. The monoisotopic (exact) mass is 418 g/mol. The Morgan fingerprint density at radius 1 is 1.07 bits per heavy atom. The van der Waals surface area contributed by atoms with E-state index in [0.29, 0.717) is 10.4 Å². The third kappa shape index (κ3) is 4.43. The Morgan fingerprint density at radius 3 is 2.37 bits per heavy atom. The molecule has 0 bridgehead atoms. The molecule has 10 heteroatoms. The lowest BCUT2D eigenvalue weighted by Gasteiger charge is -2.14. The lowest BCUT2D eigenvalue weighted by atomic mass is 10.2. The Labute approximate surface area is 169 Å². The predicted octanol–water partition coefficient (Wildman–Crippen LogP) is 4.11. The highest BCUT2D eigenvalue weighted by atomic mass is 19.4. The first-order chi connectivity index (χ1) is 14.2. The van der Waals surface area contributed by atoms with Crippen molar-refractivity contribution in [2.75, 3.05) is 17.7 Å². The molecule has 0 radical (unpaired) electrons. The summed E-state index contributed by atoms with van der Waals surface area (Å²) in [4.78, 5) is 24.0. The van der Waals surface area contributed by atoms with Crippen molar-refractivity contribution in [3.63, 3.8) is 0 Å². The summed E-state index contributed by atoms with van der Waals surface area (Å²) in [5.41, 5.74) is -1.26. The largest absolute Gasteiger partial charge is 0.495 e. The van der Waals surface area contributed by atoms with Gasteiger partial charge in [-0.05, 0) is 30.3 Å². The molecule has 30 heavy (non-hydrogen) atoms. The summed E-state index contributed by atoms with van der Waals surface area (Å²) in [6.07, 6.45) is -3.98. The molecule has 0 aliphatic rings. The molecule has 0 fully saturated rings. The molecule has 1 heterocycles. The van der Waals surface area contributed by atoms with Crippen LogP contribution in [0.3, 0.4) is 0 Å². The maximum Gasteiger partial charge on any atom is 0.434 e. The Hall–Kier alpha value is -3.82. The van der Waals surface area contributed by atoms with Gasteiger partial charge in [-0.3, -0.25) is 9.59 Å². The molecular weight excluding hydrogens is 401 g/mol. The minimum atomic E-state index is -4.83. The maximum atomic E-state index is 13.8. The molecule has 2 amide bonds. The lowest BCUT2D eigenvalue weighted by Crippen LogP contribution is -2.21. The topological polar surface area (TPSA) is 85.2 Å². The zero-order chi connectivity index (χ0) is 21.9. The van der Waals surface area contributed by atoms with Crippen LogP contribution in [-0.4, -0.2) is 28.7 Å². The number of carbonyl (C=O) groups excluding carboxylic acids is 2. The smallest absolute Gasteiger partial charge is 0.434 e. The SMILES string of the molecule is COc1ccc(NC(C)=O)cc1NC(=O)c1cnn(-c2ccccc2)c1C(F)(F)F. The van der Waals surface area contributed by atoms with Crippen LogP contribution >= 0.6 is 0 Å². The van der Waals surface area contributed by atoms with Gasteiger partial charge in [0.2, 0.25) is 5.91 Å². The Morgan fingerprint density at radius 2 is 1.77 bits per heavy atom. The standard InChI is InChI=1S/C20H17F3N4O3/c1-12(28)25-13-8-9-17(30-2)16(10-13)26-19(29)15-11-24-27(18(15)20(21,22)23)14-6-4-3-5-7-14/h3-11H,1-2H3,(H,25,28)(H,26,29). The van der Waals surface area contributed by atoms with Gasteiger partial charge >= 0.3 is 6.18 Å². The first-order valence-electron chi connectivity index (χ1n) is 8.68. The van der Waals surface area contributed by atoms with Crippen molar-refractivity contribution in [3.05, 3.63) is 66.0 Å². The zero-order valence-electron chi connectivity index (χ0n) is 15.9. The molecule has 3 rings (SSSR count). The van der Waals surface area contributed by atoms with Gasteiger partial charge < -0.3 is 15.4 Å². The number of nitrogens with zero attached hydrogens (tertiary/aromatic N) is 2. The van der Waals surface area contributed by atoms with Gasteiger partial charge in [0, 0.05) is 12.6 Å². The number of methoxy groups -OCH3 is 1. The molecule has 2 N–H and O–H groups in total. The van der Waals surface area contributed by atoms with Crippen molar-refractivity contribution >= 4 is 23.2 Å². The number of hydrogen-bond donors (Lipinski definition) is 2.